The summed E-state index contributed by atoms with van der Waals surface area (Å²) in [6, 6.07) is 6.78. The molecule has 7 heteroatoms. The molecule has 0 fully saturated rings. The molecule has 1 N–H and O–H groups in total. The van der Waals surface area contributed by atoms with Crippen molar-refractivity contribution in [3.05, 3.63) is 59.4 Å². The molecular weight excluding hydrogens is 285 g/mol. The van der Waals surface area contributed by atoms with Crippen LogP contribution in [-0.4, -0.2) is 20.9 Å². The van der Waals surface area contributed by atoms with E-state index in [2.05, 4.69) is 5.10 Å². The molecule has 0 bridgehead atoms. The average Bonchev–Trinajstić information content (AvgIpc) is 2.86. The van der Waals surface area contributed by atoms with Crippen molar-refractivity contribution in [3.63, 3.8) is 0 Å². The smallest absolute Gasteiger partial charge is 0.419 e. The van der Waals surface area contributed by atoms with Gasteiger partial charge in [0.05, 0.1) is 18.3 Å². The predicted molar refractivity (Wildman–Crippen MR) is 69.4 cm³/mol. The second kappa shape index (κ2) is 5.82. The second-order valence-corrected chi connectivity index (χ2v) is 4.34. The van der Waals surface area contributed by atoms with E-state index >= 15 is 0 Å². The Kier molecular flexibility index (Phi) is 4.11. The van der Waals surface area contributed by atoms with E-state index in [1.807, 2.05) is 0 Å². The number of carboxylic acids is 1. The zero-order valence-corrected chi connectivity index (χ0v) is 10.7. The molecule has 0 atom stereocenters. The lowest BCUT2D eigenvalue weighted by Crippen LogP contribution is -2.04. The SMILES string of the molecule is O=C(O)C=Cc1ccc(Cn2cc(C(F)(F)F)cn2)cc1. The molecule has 110 valence electrons. The van der Waals surface area contributed by atoms with Gasteiger partial charge in [-0.1, -0.05) is 24.3 Å². The Bertz CT molecular complexity index is 658. The number of aromatic nitrogens is 2. The molecule has 0 unspecified atom stereocenters. The Labute approximate surface area is 118 Å². The van der Waals surface area contributed by atoms with Crippen LogP contribution in [0.4, 0.5) is 13.2 Å². The topological polar surface area (TPSA) is 55.1 Å². The van der Waals surface area contributed by atoms with E-state index in [1.165, 1.54) is 10.8 Å². The molecule has 2 rings (SSSR count). The maximum Gasteiger partial charge on any atom is 0.419 e. The van der Waals surface area contributed by atoms with Gasteiger partial charge in [0.1, 0.15) is 0 Å². The third-order valence-corrected chi connectivity index (χ3v) is 2.70. The Morgan fingerprint density at radius 2 is 1.95 bits per heavy atom. The summed E-state index contributed by atoms with van der Waals surface area (Å²) in [5, 5.41) is 12.2. The molecule has 1 aromatic carbocycles. The van der Waals surface area contributed by atoms with Gasteiger partial charge in [0.25, 0.3) is 0 Å². The van der Waals surface area contributed by atoms with Crippen LogP contribution in [-0.2, 0) is 17.5 Å². The van der Waals surface area contributed by atoms with E-state index in [4.69, 9.17) is 5.11 Å². The van der Waals surface area contributed by atoms with Gasteiger partial charge in [0.15, 0.2) is 0 Å². The number of carboxylic acid groups (broad SMARTS) is 1. The number of hydrogen-bond donors (Lipinski definition) is 1. The highest BCUT2D eigenvalue weighted by Gasteiger charge is 2.32. The molecule has 0 saturated heterocycles. The normalized spacial score (nSPS) is 12.0. The fourth-order valence-corrected chi connectivity index (χ4v) is 1.69. The molecule has 2 aromatic rings. The van der Waals surface area contributed by atoms with E-state index in [0.717, 1.165) is 24.0 Å². The number of rotatable bonds is 4. The van der Waals surface area contributed by atoms with E-state index in [1.54, 1.807) is 24.3 Å². The third-order valence-electron chi connectivity index (χ3n) is 2.70. The first-order valence-electron chi connectivity index (χ1n) is 5.94. The van der Waals surface area contributed by atoms with E-state index in [-0.39, 0.29) is 6.54 Å². The van der Waals surface area contributed by atoms with Gasteiger partial charge in [-0.3, -0.25) is 4.68 Å². The molecule has 4 nitrogen and oxygen atoms in total. The standard InChI is InChI=1S/C14H11F3N2O2/c15-14(16,17)12-7-18-19(9-12)8-11-3-1-10(2-4-11)5-6-13(20)21/h1-7,9H,8H2,(H,20,21). The minimum atomic E-state index is -4.40. The highest BCUT2D eigenvalue weighted by Crippen LogP contribution is 2.28. The molecule has 0 radical (unpaired) electrons. The molecular formula is C14H11F3N2O2. The largest absolute Gasteiger partial charge is 0.478 e. The second-order valence-electron chi connectivity index (χ2n) is 4.34. The Morgan fingerprint density at radius 1 is 1.29 bits per heavy atom. The van der Waals surface area contributed by atoms with Crippen LogP contribution in [0.2, 0.25) is 0 Å². The molecule has 21 heavy (non-hydrogen) atoms. The highest BCUT2D eigenvalue weighted by molar-refractivity contribution is 5.85. The number of benzene rings is 1. The van der Waals surface area contributed by atoms with Gasteiger partial charge >= 0.3 is 12.1 Å². The molecule has 0 aliphatic carbocycles. The van der Waals surface area contributed by atoms with Crippen molar-refractivity contribution in [2.75, 3.05) is 0 Å². The first-order valence-corrected chi connectivity index (χ1v) is 5.94. The van der Waals surface area contributed by atoms with Crippen LogP contribution < -0.4 is 0 Å². The van der Waals surface area contributed by atoms with Crippen LogP contribution in [0, 0.1) is 0 Å². The van der Waals surface area contributed by atoms with Crippen LogP contribution in [0.15, 0.2) is 42.7 Å². The number of halogens is 3. The number of nitrogens with zero attached hydrogens (tertiary/aromatic N) is 2. The summed E-state index contributed by atoms with van der Waals surface area (Å²) in [6.45, 7) is 0.207. The van der Waals surface area contributed by atoms with Crippen LogP contribution in [0.5, 0.6) is 0 Å². The van der Waals surface area contributed by atoms with Crippen molar-refractivity contribution >= 4 is 12.0 Å². The Hall–Kier alpha value is -2.57. The van der Waals surface area contributed by atoms with E-state index < -0.39 is 17.7 Å². The zero-order chi connectivity index (χ0) is 15.5. The summed E-state index contributed by atoms with van der Waals surface area (Å²) < 4.78 is 38.5. The number of alkyl halides is 3. The molecule has 1 heterocycles. The van der Waals surface area contributed by atoms with Crippen molar-refractivity contribution in [2.45, 2.75) is 12.7 Å². The van der Waals surface area contributed by atoms with Gasteiger partial charge in [-0.25, -0.2) is 4.79 Å². The third kappa shape index (κ3) is 4.20. The number of carbonyl (C=O) groups is 1. The summed E-state index contributed by atoms with van der Waals surface area (Å²) in [5.41, 5.74) is 0.667. The van der Waals surface area contributed by atoms with Gasteiger partial charge in [-0.05, 0) is 17.2 Å². The monoisotopic (exact) mass is 296 g/mol. The van der Waals surface area contributed by atoms with Gasteiger partial charge in [0.2, 0.25) is 0 Å². The van der Waals surface area contributed by atoms with E-state index in [9.17, 15) is 18.0 Å². The lowest BCUT2D eigenvalue weighted by atomic mass is 10.1. The summed E-state index contributed by atoms with van der Waals surface area (Å²) >= 11 is 0. The average molecular weight is 296 g/mol. The minimum Gasteiger partial charge on any atom is -0.478 e. The maximum atomic E-state index is 12.4. The van der Waals surface area contributed by atoms with Crippen LogP contribution >= 0.6 is 0 Å². The fourth-order valence-electron chi connectivity index (χ4n) is 1.69. The Balaban J connectivity index is 2.07. The van der Waals surface area contributed by atoms with Crippen molar-refractivity contribution in [1.29, 1.82) is 0 Å². The van der Waals surface area contributed by atoms with Crippen LogP contribution in [0.3, 0.4) is 0 Å². The van der Waals surface area contributed by atoms with Gasteiger partial charge < -0.3 is 5.11 Å². The van der Waals surface area contributed by atoms with Crippen molar-refractivity contribution < 1.29 is 23.1 Å². The molecule has 0 aliphatic heterocycles. The lowest BCUT2D eigenvalue weighted by Gasteiger charge is -2.03. The summed E-state index contributed by atoms with van der Waals surface area (Å²) in [6.07, 6.45) is -0.230. The van der Waals surface area contributed by atoms with Crippen molar-refractivity contribution in [2.24, 2.45) is 0 Å². The molecule has 0 aliphatic rings. The fraction of sp³-hybridized carbons (Fsp3) is 0.143. The lowest BCUT2D eigenvalue weighted by molar-refractivity contribution is -0.137. The molecule has 0 spiro atoms. The molecule has 0 saturated carbocycles. The minimum absolute atomic E-state index is 0.207. The molecule has 1 aromatic heterocycles. The van der Waals surface area contributed by atoms with Gasteiger partial charge in [-0.2, -0.15) is 18.3 Å². The van der Waals surface area contributed by atoms with Crippen LogP contribution in [0.25, 0.3) is 6.08 Å². The number of aliphatic carboxylic acids is 1. The van der Waals surface area contributed by atoms with E-state index in [0.29, 0.717) is 5.56 Å². The summed E-state index contributed by atoms with van der Waals surface area (Å²) in [4.78, 5) is 10.4. The zero-order valence-electron chi connectivity index (χ0n) is 10.7. The summed E-state index contributed by atoms with van der Waals surface area (Å²) in [7, 11) is 0. The van der Waals surface area contributed by atoms with Crippen molar-refractivity contribution in [1.82, 2.24) is 9.78 Å². The first-order chi connectivity index (χ1) is 9.84. The highest BCUT2D eigenvalue weighted by atomic mass is 19.4. The molecule has 0 amide bonds. The van der Waals surface area contributed by atoms with Gasteiger partial charge in [-0.15, -0.1) is 0 Å². The predicted octanol–water partition coefficient (Wildman–Crippen LogP) is 3.05. The first kappa shape index (κ1) is 14.8. The quantitative estimate of drug-likeness (QED) is 0.882. The number of hydrogen-bond acceptors (Lipinski definition) is 2. The Morgan fingerprint density at radius 3 is 2.48 bits per heavy atom. The van der Waals surface area contributed by atoms with Crippen LogP contribution in [0.1, 0.15) is 16.7 Å². The maximum absolute atomic E-state index is 12.4. The van der Waals surface area contributed by atoms with Gasteiger partial charge in [0, 0.05) is 12.3 Å². The van der Waals surface area contributed by atoms with Crippen molar-refractivity contribution in [3.8, 4) is 0 Å². The summed E-state index contributed by atoms with van der Waals surface area (Å²) in [5.74, 6) is -1.05.